The molecule has 37 heavy (non-hydrogen) atoms. The van der Waals surface area contributed by atoms with Crippen molar-refractivity contribution in [2.24, 2.45) is 0 Å². The second kappa shape index (κ2) is 10.5. The Morgan fingerprint density at radius 3 is 2.41 bits per heavy atom. The molecule has 7 nitrogen and oxygen atoms in total. The van der Waals surface area contributed by atoms with Gasteiger partial charge in [0.2, 0.25) is 0 Å². The Morgan fingerprint density at radius 2 is 1.76 bits per heavy atom. The minimum Gasteiger partial charge on any atom is -0.507 e. The van der Waals surface area contributed by atoms with Gasteiger partial charge < -0.3 is 14.7 Å². The van der Waals surface area contributed by atoms with E-state index in [0.717, 1.165) is 24.3 Å². The van der Waals surface area contributed by atoms with Crippen LogP contribution in [0.5, 0.6) is 5.75 Å². The molecule has 0 spiro atoms. The van der Waals surface area contributed by atoms with Crippen molar-refractivity contribution in [2.75, 3.05) is 29.5 Å². The average Bonchev–Trinajstić information content (AvgIpc) is 3.20. The Labute approximate surface area is 217 Å². The number of hydrogen-bond acceptors (Lipinski definition) is 6. The summed E-state index contributed by atoms with van der Waals surface area (Å²) in [4.78, 5) is 34.8. The minimum absolute atomic E-state index is 0.0432. The van der Waals surface area contributed by atoms with Crippen molar-refractivity contribution in [3.8, 4) is 5.75 Å². The molecule has 3 heterocycles. The third-order valence-corrected chi connectivity index (χ3v) is 7.04. The van der Waals surface area contributed by atoms with Gasteiger partial charge in [0.1, 0.15) is 11.5 Å². The summed E-state index contributed by atoms with van der Waals surface area (Å²) < 4.78 is 5.62. The van der Waals surface area contributed by atoms with E-state index in [0.29, 0.717) is 29.2 Å². The molecule has 2 aromatic carbocycles. The highest BCUT2D eigenvalue weighted by atomic mass is 16.5. The number of pyridine rings is 1. The van der Waals surface area contributed by atoms with Gasteiger partial charge in [-0.3, -0.25) is 19.5 Å². The molecule has 1 amide bonds. The van der Waals surface area contributed by atoms with E-state index in [1.165, 1.54) is 24.2 Å². The number of piperidine rings is 1. The fourth-order valence-electron chi connectivity index (χ4n) is 5.20. The molecule has 190 valence electrons. The summed E-state index contributed by atoms with van der Waals surface area (Å²) in [5.41, 5.74) is 3.66. The van der Waals surface area contributed by atoms with Crippen LogP contribution in [-0.2, 0) is 9.59 Å². The number of aryl methyl sites for hydroxylation is 1. The maximum Gasteiger partial charge on any atom is 0.300 e. The van der Waals surface area contributed by atoms with Gasteiger partial charge in [-0.1, -0.05) is 6.07 Å². The highest BCUT2D eigenvalue weighted by Crippen LogP contribution is 2.42. The number of benzene rings is 2. The van der Waals surface area contributed by atoms with E-state index < -0.39 is 17.7 Å². The maximum absolute atomic E-state index is 13.4. The van der Waals surface area contributed by atoms with E-state index in [1.807, 2.05) is 44.2 Å². The van der Waals surface area contributed by atoms with Crippen molar-refractivity contribution in [3.05, 3.63) is 89.3 Å². The molecule has 2 aliphatic heterocycles. The van der Waals surface area contributed by atoms with Gasteiger partial charge >= 0.3 is 0 Å². The van der Waals surface area contributed by atoms with E-state index >= 15 is 0 Å². The molecular weight excluding hydrogens is 466 g/mol. The molecule has 3 aromatic rings. The molecule has 1 unspecified atom stereocenters. The van der Waals surface area contributed by atoms with Gasteiger partial charge in [-0.2, -0.15) is 0 Å². The summed E-state index contributed by atoms with van der Waals surface area (Å²) in [7, 11) is 0. The summed E-state index contributed by atoms with van der Waals surface area (Å²) in [5, 5.41) is 11.4. The average molecular weight is 498 g/mol. The van der Waals surface area contributed by atoms with Gasteiger partial charge in [-0.25, -0.2) is 0 Å². The number of carbonyl (C=O) groups excluding carboxylic acids is 2. The summed E-state index contributed by atoms with van der Waals surface area (Å²) in [6.45, 7) is 6.33. The van der Waals surface area contributed by atoms with Crippen molar-refractivity contribution >= 4 is 28.8 Å². The summed E-state index contributed by atoms with van der Waals surface area (Å²) in [6, 6.07) is 15.7. The molecule has 0 saturated carbocycles. The summed E-state index contributed by atoms with van der Waals surface area (Å²) in [6.07, 6.45) is 6.85. The lowest BCUT2D eigenvalue weighted by atomic mass is 9.95. The van der Waals surface area contributed by atoms with Crippen LogP contribution in [0.25, 0.3) is 5.76 Å². The van der Waals surface area contributed by atoms with Crippen LogP contribution in [0.1, 0.15) is 48.9 Å². The first-order valence-electron chi connectivity index (χ1n) is 12.8. The fraction of sp³-hybridized carbons (Fsp3) is 0.300. The monoisotopic (exact) mass is 497 g/mol. The third-order valence-electron chi connectivity index (χ3n) is 7.04. The number of aliphatic hydroxyl groups excluding tert-OH is 1. The van der Waals surface area contributed by atoms with Gasteiger partial charge in [0, 0.05) is 42.4 Å². The lowest BCUT2D eigenvalue weighted by Gasteiger charge is -2.30. The maximum atomic E-state index is 13.4. The van der Waals surface area contributed by atoms with E-state index in [2.05, 4.69) is 9.88 Å². The number of aromatic nitrogens is 1. The summed E-state index contributed by atoms with van der Waals surface area (Å²) >= 11 is 0. The van der Waals surface area contributed by atoms with Crippen LogP contribution in [-0.4, -0.2) is 41.5 Å². The number of aliphatic hydroxyl groups is 1. The van der Waals surface area contributed by atoms with Crippen molar-refractivity contribution in [1.82, 2.24) is 4.98 Å². The topological polar surface area (TPSA) is 83.0 Å². The Morgan fingerprint density at radius 1 is 1.03 bits per heavy atom. The number of carbonyl (C=O) groups is 2. The fourth-order valence-corrected chi connectivity index (χ4v) is 5.20. The van der Waals surface area contributed by atoms with Crippen LogP contribution >= 0.6 is 0 Å². The molecular formula is C30H31N3O4. The van der Waals surface area contributed by atoms with Gasteiger partial charge in [0.15, 0.2) is 0 Å². The van der Waals surface area contributed by atoms with Gasteiger partial charge in [-0.15, -0.1) is 0 Å². The number of ketones is 1. The number of ether oxygens (including phenoxy) is 1. The predicted molar refractivity (Wildman–Crippen MR) is 144 cm³/mol. The molecule has 1 N–H and O–H groups in total. The number of anilines is 2. The van der Waals surface area contributed by atoms with Crippen LogP contribution < -0.4 is 14.5 Å². The number of nitrogens with zero attached hydrogens (tertiary/aromatic N) is 3. The Hall–Kier alpha value is -4.13. The molecule has 1 atom stereocenters. The molecule has 5 rings (SSSR count). The number of rotatable bonds is 6. The molecule has 0 aliphatic carbocycles. The number of amides is 1. The van der Waals surface area contributed by atoms with Gasteiger partial charge in [-0.05, 0) is 92.8 Å². The number of hydrogen-bond donors (Lipinski definition) is 1. The van der Waals surface area contributed by atoms with Crippen LogP contribution in [0.2, 0.25) is 0 Å². The van der Waals surface area contributed by atoms with E-state index in [-0.39, 0.29) is 11.3 Å². The minimum atomic E-state index is -0.804. The van der Waals surface area contributed by atoms with E-state index in [1.54, 1.807) is 36.7 Å². The standard InChI is InChI=1S/C30H31N3O4/c1-3-37-25-14-9-21(18-20(25)2)28(34)26-27(22-8-7-15-31-19-22)33(30(36)29(26)35)24-12-10-23(11-13-24)32-16-5-4-6-17-32/h7-15,18-19,27,34H,3-6,16-17H2,1-2H3/b28-26-. The van der Waals surface area contributed by atoms with Crippen LogP contribution in [0.4, 0.5) is 11.4 Å². The first kappa shape index (κ1) is 24.6. The molecule has 2 aliphatic rings. The zero-order chi connectivity index (χ0) is 25.9. The third kappa shape index (κ3) is 4.69. The van der Waals surface area contributed by atoms with Gasteiger partial charge in [0.25, 0.3) is 11.7 Å². The molecule has 1 aromatic heterocycles. The Bertz CT molecular complexity index is 1330. The number of Topliss-reactive ketones (excluding diaryl/α,β-unsaturated/α-hetero) is 1. The summed E-state index contributed by atoms with van der Waals surface area (Å²) in [5.74, 6) is -0.912. The second-order valence-electron chi connectivity index (χ2n) is 9.43. The van der Waals surface area contributed by atoms with Crippen molar-refractivity contribution in [1.29, 1.82) is 0 Å². The highest BCUT2D eigenvalue weighted by Gasteiger charge is 2.47. The van der Waals surface area contributed by atoms with Crippen LogP contribution in [0, 0.1) is 6.92 Å². The first-order chi connectivity index (χ1) is 18.0. The van der Waals surface area contributed by atoms with Crippen molar-refractivity contribution in [2.45, 2.75) is 39.2 Å². The zero-order valence-electron chi connectivity index (χ0n) is 21.2. The van der Waals surface area contributed by atoms with Crippen LogP contribution in [0.15, 0.2) is 72.6 Å². The smallest absolute Gasteiger partial charge is 0.300 e. The molecule has 2 fully saturated rings. The van der Waals surface area contributed by atoms with Crippen LogP contribution in [0.3, 0.4) is 0 Å². The highest BCUT2D eigenvalue weighted by molar-refractivity contribution is 6.51. The van der Waals surface area contributed by atoms with Crippen molar-refractivity contribution in [3.63, 3.8) is 0 Å². The molecule has 7 heteroatoms. The normalized spacial score (nSPS) is 19.4. The van der Waals surface area contributed by atoms with Crippen molar-refractivity contribution < 1.29 is 19.4 Å². The molecule has 0 bridgehead atoms. The zero-order valence-corrected chi connectivity index (χ0v) is 21.2. The lowest BCUT2D eigenvalue weighted by Crippen LogP contribution is -2.30. The SMILES string of the molecule is CCOc1ccc(/C(O)=C2/C(=O)C(=O)N(c3ccc(N4CCCCC4)cc3)C2c2cccnc2)cc1C. The predicted octanol–water partition coefficient (Wildman–Crippen LogP) is 5.41. The van der Waals surface area contributed by atoms with Gasteiger partial charge in [0.05, 0.1) is 18.2 Å². The van der Waals surface area contributed by atoms with E-state index in [4.69, 9.17) is 4.74 Å². The quantitative estimate of drug-likeness (QED) is 0.279. The first-order valence-corrected chi connectivity index (χ1v) is 12.8. The molecule has 0 radical (unpaired) electrons. The second-order valence-corrected chi connectivity index (χ2v) is 9.43. The Kier molecular flexibility index (Phi) is 6.95. The lowest BCUT2D eigenvalue weighted by molar-refractivity contribution is -0.132. The molecule has 2 saturated heterocycles. The van der Waals surface area contributed by atoms with E-state index in [9.17, 15) is 14.7 Å². The largest absolute Gasteiger partial charge is 0.507 e. The Balaban J connectivity index is 1.58.